The molecule has 3 nitrogen and oxygen atoms in total. The third kappa shape index (κ3) is 2.91. The van der Waals surface area contributed by atoms with E-state index in [9.17, 15) is 4.79 Å². The van der Waals surface area contributed by atoms with Crippen molar-refractivity contribution >= 4 is 22.9 Å². The van der Waals surface area contributed by atoms with Crippen LogP contribution in [0.3, 0.4) is 0 Å². The molecule has 1 amide bonds. The number of hydrogen-bond acceptors (Lipinski definition) is 3. The zero-order chi connectivity index (χ0) is 12.3. The Morgan fingerprint density at radius 2 is 2.24 bits per heavy atom. The fraction of sp³-hybridized carbons (Fsp3) is 0.231. The van der Waals surface area contributed by atoms with Crippen LogP contribution in [0.25, 0.3) is 0 Å². The second-order valence-electron chi connectivity index (χ2n) is 4.11. The second-order valence-corrected chi connectivity index (χ2v) is 4.83. The normalized spacial score (nSPS) is 10.5. The third-order valence-corrected chi connectivity index (χ3v) is 3.06. The molecule has 17 heavy (non-hydrogen) atoms. The average Bonchev–Trinajstić information content (AvgIpc) is 2.82. The minimum Gasteiger partial charge on any atom is -0.321 e. The smallest absolute Gasteiger partial charge is 0.275 e. The van der Waals surface area contributed by atoms with Crippen LogP contribution in [0.15, 0.2) is 35.2 Å². The number of nitrogens with zero attached hydrogens (tertiary/aromatic N) is 1. The summed E-state index contributed by atoms with van der Waals surface area (Å²) in [6.45, 7) is 4.25. The zero-order valence-corrected chi connectivity index (χ0v) is 10.6. The summed E-state index contributed by atoms with van der Waals surface area (Å²) >= 11 is 1.41. The van der Waals surface area contributed by atoms with Gasteiger partial charge in [-0.05, 0) is 23.6 Å². The molecular weight excluding hydrogens is 232 g/mol. The molecule has 0 aliphatic rings. The summed E-state index contributed by atoms with van der Waals surface area (Å²) < 4.78 is 0. The number of benzene rings is 1. The van der Waals surface area contributed by atoms with Crippen molar-refractivity contribution in [2.45, 2.75) is 19.8 Å². The topological polar surface area (TPSA) is 42.0 Å². The van der Waals surface area contributed by atoms with Gasteiger partial charge < -0.3 is 5.32 Å². The third-order valence-electron chi connectivity index (χ3n) is 2.48. The molecule has 2 aromatic rings. The van der Waals surface area contributed by atoms with Gasteiger partial charge in [-0.3, -0.25) is 4.79 Å². The van der Waals surface area contributed by atoms with E-state index >= 15 is 0 Å². The van der Waals surface area contributed by atoms with Crippen LogP contribution in [0.2, 0.25) is 0 Å². The largest absolute Gasteiger partial charge is 0.321 e. The van der Waals surface area contributed by atoms with Crippen LogP contribution in [0.4, 0.5) is 5.69 Å². The van der Waals surface area contributed by atoms with Gasteiger partial charge in [-0.15, -0.1) is 11.3 Å². The van der Waals surface area contributed by atoms with Crippen LogP contribution in [-0.2, 0) is 0 Å². The number of carbonyl (C=O) groups excluding carboxylic acids is 1. The predicted molar refractivity (Wildman–Crippen MR) is 70.6 cm³/mol. The molecular formula is C13H14N2OS. The fourth-order valence-electron chi connectivity index (χ4n) is 1.50. The van der Waals surface area contributed by atoms with Gasteiger partial charge in [-0.1, -0.05) is 26.0 Å². The summed E-state index contributed by atoms with van der Waals surface area (Å²) in [5, 5.41) is 4.58. The molecule has 0 spiro atoms. The van der Waals surface area contributed by atoms with Crippen LogP contribution < -0.4 is 5.32 Å². The number of hydrogen-bond donors (Lipinski definition) is 1. The van der Waals surface area contributed by atoms with Crippen molar-refractivity contribution in [2.75, 3.05) is 5.32 Å². The molecule has 1 aromatic heterocycles. The van der Waals surface area contributed by atoms with Crippen molar-refractivity contribution in [1.29, 1.82) is 0 Å². The SMILES string of the molecule is CC(C)c1cccc(NC(=O)c2cscn2)c1. The molecule has 0 saturated heterocycles. The van der Waals surface area contributed by atoms with Crippen LogP contribution in [0.5, 0.6) is 0 Å². The van der Waals surface area contributed by atoms with Crippen molar-refractivity contribution in [3.63, 3.8) is 0 Å². The van der Waals surface area contributed by atoms with Crippen molar-refractivity contribution in [2.24, 2.45) is 0 Å². The molecule has 0 aliphatic carbocycles. The van der Waals surface area contributed by atoms with Gasteiger partial charge in [0, 0.05) is 11.1 Å². The number of aromatic nitrogens is 1. The molecule has 2 rings (SSSR count). The highest BCUT2D eigenvalue weighted by atomic mass is 32.1. The molecule has 4 heteroatoms. The number of rotatable bonds is 3. The standard InChI is InChI=1S/C13H14N2OS/c1-9(2)10-4-3-5-11(6-10)15-13(16)12-7-17-8-14-12/h3-9H,1-2H3,(H,15,16). The maximum Gasteiger partial charge on any atom is 0.275 e. The molecule has 1 heterocycles. The average molecular weight is 246 g/mol. The van der Waals surface area contributed by atoms with E-state index in [2.05, 4.69) is 30.2 Å². The Hall–Kier alpha value is -1.68. The maximum absolute atomic E-state index is 11.8. The van der Waals surface area contributed by atoms with Crippen LogP contribution in [0, 0.1) is 0 Å². The van der Waals surface area contributed by atoms with E-state index in [1.54, 1.807) is 10.9 Å². The second kappa shape index (κ2) is 5.10. The fourth-order valence-corrected chi connectivity index (χ4v) is 2.03. The predicted octanol–water partition coefficient (Wildman–Crippen LogP) is 3.52. The molecule has 0 bridgehead atoms. The van der Waals surface area contributed by atoms with E-state index in [0.717, 1.165) is 5.69 Å². The molecule has 88 valence electrons. The molecule has 0 saturated carbocycles. The quantitative estimate of drug-likeness (QED) is 0.900. The highest BCUT2D eigenvalue weighted by Gasteiger charge is 2.08. The van der Waals surface area contributed by atoms with Gasteiger partial charge in [0.15, 0.2) is 0 Å². The highest BCUT2D eigenvalue weighted by molar-refractivity contribution is 7.07. The summed E-state index contributed by atoms with van der Waals surface area (Å²) in [7, 11) is 0. The Morgan fingerprint density at radius 3 is 2.88 bits per heavy atom. The molecule has 0 atom stereocenters. The first-order valence-electron chi connectivity index (χ1n) is 5.46. The molecule has 0 radical (unpaired) electrons. The monoisotopic (exact) mass is 246 g/mol. The van der Waals surface area contributed by atoms with Crippen molar-refractivity contribution < 1.29 is 4.79 Å². The van der Waals surface area contributed by atoms with E-state index in [4.69, 9.17) is 0 Å². The van der Waals surface area contributed by atoms with E-state index in [1.165, 1.54) is 16.9 Å². The van der Waals surface area contributed by atoms with E-state index in [0.29, 0.717) is 11.6 Å². The minimum atomic E-state index is -0.160. The number of nitrogens with one attached hydrogen (secondary N) is 1. The van der Waals surface area contributed by atoms with Gasteiger partial charge in [0.1, 0.15) is 5.69 Å². The Balaban J connectivity index is 2.14. The summed E-state index contributed by atoms with van der Waals surface area (Å²) in [5.74, 6) is 0.290. The lowest BCUT2D eigenvalue weighted by atomic mass is 10.0. The first-order valence-corrected chi connectivity index (χ1v) is 6.40. The van der Waals surface area contributed by atoms with Gasteiger partial charge in [0.2, 0.25) is 0 Å². The number of amides is 1. The molecule has 0 fully saturated rings. The lowest BCUT2D eigenvalue weighted by Crippen LogP contribution is -2.12. The van der Waals surface area contributed by atoms with E-state index in [-0.39, 0.29) is 5.91 Å². The van der Waals surface area contributed by atoms with Gasteiger partial charge in [0.05, 0.1) is 5.51 Å². The summed E-state index contributed by atoms with van der Waals surface area (Å²) in [4.78, 5) is 15.8. The van der Waals surface area contributed by atoms with Gasteiger partial charge in [-0.25, -0.2) is 4.98 Å². The highest BCUT2D eigenvalue weighted by Crippen LogP contribution is 2.19. The maximum atomic E-state index is 11.8. The Morgan fingerprint density at radius 1 is 1.41 bits per heavy atom. The molecule has 1 N–H and O–H groups in total. The van der Waals surface area contributed by atoms with E-state index < -0.39 is 0 Å². The molecule has 1 aromatic carbocycles. The molecule has 0 aliphatic heterocycles. The lowest BCUT2D eigenvalue weighted by molar-refractivity contribution is 0.102. The molecule has 0 unspecified atom stereocenters. The summed E-state index contributed by atoms with van der Waals surface area (Å²) in [6, 6.07) is 7.89. The first kappa shape index (κ1) is 11.8. The summed E-state index contributed by atoms with van der Waals surface area (Å²) in [6.07, 6.45) is 0. The zero-order valence-electron chi connectivity index (χ0n) is 9.81. The number of carbonyl (C=O) groups is 1. The van der Waals surface area contributed by atoms with Crippen LogP contribution >= 0.6 is 11.3 Å². The van der Waals surface area contributed by atoms with Crippen LogP contribution in [-0.4, -0.2) is 10.9 Å². The minimum absolute atomic E-state index is 0.160. The number of thiazole rings is 1. The first-order chi connectivity index (χ1) is 8.16. The van der Waals surface area contributed by atoms with Crippen molar-refractivity contribution in [3.8, 4) is 0 Å². The van der Waals surface area contributed by atoms with Crippen molar-refractivity contribution in [3.05, 3.63) is 46.4 Å². The Bertz CT molecular complexity index is 506. The summed E-state index contributed by atoms with van der Waals surface area (Å²) in [5.41, 5.74) is 4.14. The van der Waals surface area contributed by atoms with Crippen molar-refractivity contribution in [1.82, 2.24) is 4.98 Å². The Labute approximate surface area is 105 Å². The van der Waals surface area contributed by atoms with Gasteiger partial charge in [0.25, 0.3) is 5.91 Å². The van der Waals surface area contributed by atoms with Gasteiger partial charge in [-0.2, -0.15) is 0 Å². The lowest BCUT2D eigenvalue weighted by Gasteiger charge is -2.08. The Kier molecular flexibility index (Phi) is 3.54. The van der Waals surface area contributed by atoms with Crippen LogP contribution in [0.1, 0.15) is 35.8 Å². The number of anilines is 1. The van der Waals surface area contributed by atoms with Gasteiger partial charge >= 0.3 is 0 Å². The van der Waals surface area contributed by atoms with E-state index in [1.807, 2.05) is 18.2 Å².